The van der Waals surface area contributed by atoms with Crippen molar-refractivity contribution in [2.45, 2.75) is 0 Å². The van der Waals surface area contributed by atoms with Crippen LogP contribution >= 0.6 is 0 Å². The summed E-state index contributed by atoms with van der Waals surface area (Å²) < 4.78 is 4.82. The first-order valence-corrected chi connectivity index (χ1v) is 4.17. The van der Waals surface area contributed by atoms with Gasteiger partial charge in [0.25, 0.3) is 11.6 Å². The normalized spacial score (nSPS) is 9.87. The molecule has 2 heterocycles. The lowest BCUT2D eigenvalue weighted by Crippen LogP contribution is -2.15. The predicted octanol–water partition coefficient (Wildman–Crippen LogP) is 1.14. The molecule has 0 saturated carbocycles. The van der Waals surface area contributed by atoms with Crippen LogP contribution in [0.4, 0.5) is 0 Å². The fourth-order valence-corrected chi connectivity index (χ4v) is 1.06. The number of aromatic nitrogens is 2. The van der Waals surface area contributed by atoms with E-state index in [0.29, 0.717) is 0 Å². The van der Waals surface area contributed by atoms with Crippen LogP contribution in [0.15, 0.2) is 41.4 Å². The second-order valence-corrected chi connectivity index (χ2v) is 2.73. The number of rotatable bonds is 3. The molecule has 0 radical (unpaired) electrons. The van der Waals surface area contributed by atoms with Crippen molar-refractivity contribution in [3.63, 3.8) is 0 Å². The first kappa shape index (κ1) is 9.26. The molecule has 74 valence electrons. The minimum absolute atomic E-state index is 0.0126. The van der Waals surface area contributed by atoms with Gasteiger partial charge >= 0.3 is 0 Å². The van der Waals surface area contributed by atoms with Gasteiger partial charge in [-0.25, -0.2) is 9.97 Å². The van der Waals surface area contributed by atoms with Crippen molar-refractivity contribution in [2.75, 3.05) is 0 Å². The van der Waals surface area contributed by atoms with E-state index in [4.69, 9.17) is 4.42 Å². The summed E-state index contributed by atoms with van der Waals surface area (Å²) in [5.41, 5.74) is 0.0615. The van der Waals surface area contributed by atoms with Crippen LogP contribution in [0.5, 0.6) is 0 Å². The Labute approximate surface area is 84.8 Å². The lowest BCUT2D eigenvalue weighted by atomic mass is 10.1. The standard InChI is InChI=1S/C10H6N2O3/c13-9(7-3-4-11-6-12-7)10(14)8-2-1-5-15-8/h1-6H. The van der Waals surface area contributed by atoms with Crippen molar-refractivity contribution in [3.8, 4) is 0 Å². The average molecular weight is 202 g/mol. The zero-order chi connectivity index (χ0) is 10.7. The first-order valence-electron chi connectivity index (χ1n) is 4.17. The second kappa shape index (κ2) is 3.83. The number of hydrogen-bond donors (Lipinski definition) is 0. The van der Waals surface area contributed by atoms with Crippen LogP contribution in [0, 0.1) is 0 Å². The van der Waals surface area contributed by atoms with Crippen LogP contribution in [0.25, 0.3) is 0 Å². The van der Waals surface area contributed by atoms with E-state index in [2.05, 4.69) is 9.97 Å². The zero-order valence-electron chi connectivity index (χ0n) is 7.58. The third-order valence-electron chi connectivity index (χ3n) is 1.77. The highest BCUT2D eigenvalue weighted by Crippen LogP contribution is 2.05. The predicted molar refractivity (Wildman–Crippen MR) is 49.4 cm³/mol. The highest BCUT2D eigenvalue weighted by Gasteiger charge is 2.21. The summed E-state index contributed by atoms with van der Waals surface area (Å²) in [4.78, 5) is 30.4. The van der Waals surface area contributed by atoms with Gasteiger partial charge in [0.1, 0.15) is 12.0 Å². The lowest BCUT2D eigenvalue weighted by molar-refractivity contribution is 0.0798. The molecule has 5 heteroatoms. The molecule has 0 atom stereocenters. The maximum absolute atomic E-state index is 11.5. The molecule has 2 rings (SSSR count). The van der Waals surface area contributed by atoms with Crippen LogP contribution in [0.3, 0.4) is 0 Å². The molecule has 0 aromatic carbocycles. The number of Topliss-reactive ketones (excluding diaryl/α,β-unsaturated/α-hetero) is 2. The Morgan fingerprint density at radius 1 is 1.20 bits per heavy atom. The fraction of sp³-hybridized carbons (Fsp3) is 0. The van der Waals surface area contributed by atoms with Gasteiger partial charge in [0.2, 0.25) is 0 Å². The van der Waals surface area contributed by atoms with E-state index in [0.717, 1.165) is 0 Å². The van der Waals surface area contributed by atoms with Gasteiger partial charge in [0.15, 0.2) is 5.76 Å². The van der Waals surface area contributed by atoms with Gasteiger partial charge in [-0.15, -0.1) is 0 Å². The summed E-state index contributed by atoms with van der Waals surface area (Å²) in [6.07, 6.45) is 3.94. The van der Waals surface area contributed by atoms with Crippen molar-refractivity contribution < 1.29 is 14.0 Å². The quantitative estimate of drug-likeness (QED) is 0.551. The molecule has 0 amide bonds. The summed E-state index contributed by atoms with van der Waals surface area (Å²) >= 11 is 0. The molecule has 0 fully saturated rings. The van der Waals surface area contributed by atoms with E-state index in [-0.39, 0.29) is 11.5 Å². The topological polar surface area (TPSA) is 73.1 Å². The molecule has 0 N–H and O–H groups in total. The van der Waals surface area contributed by atoms with Crippen LogP contribution in [0.2, 0.25) is 0 Å². The van der Waals surface area contributed by atoms with Crippen molar-refractivity contribution in [1.29, 1.82) is 0 Å². The van der Waals surface area contributed by atoms with Crippen LogP contribution < -0.4 is 0 Å². The van der Waals surface area contributed by atoms with E-state index in [1.54, 1.807) is 6.07 Å². The SMILES string of the molecule is O=C(C(=O)c1ccco1)c1ccncn1. The molecule has 0 bridgehead atoms. The number of nitrogens with zero attached hydrogens (tertiary/aromatic N) is 2. The summed E-state index contributed by atoms with van der Waals surface area (Å²) in [5, 5.41) is 0. The van der Waals surface area contributed by atoms with Gasteiger partial charge in [-0.1, -0.05) is 0 Å². The van der Waals surface area contributed by atoms with Crippen molar-refractivity contribution in [3.05, 3.63) is 48.4 Å². The van der Waals surface area contributed by atoms with E-state index >= 15 is 0 Å². The molecule has 0 aliphatic carbocycles. The summed E-state index contributed by atoms with van der Waals surface area (Å²) in [5.74, 6) is -1.40. The Hall–Kier alpha value is -2.30. The molecule has 0 aliphatic heterocycles. The number of ketones is 2. The third kappa shape index (κ3) is 1.80. The summed E-state index contributed by atoms with van der Waals surface area (Å²) in [7, 11) is 0. The molecular formula is C10H6N2O3. The van der Waals surface area contributed by atoms with Gasteiger partial charge in [-0.3, -0.25) is 9.59 Å². The minimum atomic E-state index is -0.710. The molecular weight excluding hydrogens is 196 g/mol. The maximum Gasteiger partial charge on any atom is 0.270 e. The molecule has 0 spiro atoms. The number of carbonyl (C=O) groups excluding carboxylic acids is 2. The van der Waals surface area contributed by atoms with E-state index in [9.17, 15) is 9.59 Å². The van der Waals surface area contributed by atoms with Crippen molar-refractivity contribution in [2.24, 2.45) is 0 Å². The molecule has 5 nitrogen and oxygen atoms in total. The number of furan rings is 1. The van der Waals surface area contributed by atoms with Crippen molar-refractivity contribution in [1.82, 2.24) is 9.97 Å². The average Bonchev–Trinajstić information content (AvgIpc) is 2.82. The van der Waals surface area contributed by atoms with E-state index < -0.39 is 11.6 Å². The highest BCUT2D eigenvalue weighted by atomic mass is 16.3. The lowest BCUT2D eigenvalue weighted by Gasteiger charge is -1.95. The van der Waals surface area contributed by atoms with E-state index in [1.165, 1.54) is 30.9 Å². The Balaban J connectivity index is 2.27. The van der Waals surface area contributed by atoms with Gasteiger partial charge in [0, 0.05) is 6.20 Å². The number of hydrogen-bond acceptors (Lipinski definition) is 5. The molecule has 15 heavy (non-hydrogen) atoms. The van der Waals surface area contributed by atoms with Crippen molar-refractivity contribution >= 4 is 11.6 Å². The Morgan fingerprint density at radius 3 is 2.67 bits per heavy atom. The molecule has 0 unspecified atom stereocenters. The second-order valence-electron chi connectivity index (χ2n) is 2.73. The van der Waals surface area contributed by atoms with Crippen LogP contribution in [-0.2, 0) is 0 Å². The Kier molecular flexibility index (Phi) is 2.37. The Bertz CT molecular complexity index is 477. The summed E-state index contributed by atoms with van der Waals surface area (Å²) in [6, 6.07) is 4.35. The molecule has 2 aromatic rings. The fourth-order valence-electron chi connectivity index (χ4n) is 1.06. The zero-order valence-corrected chi connectivity index (χ0v) is 7.58. The monoisotopic (exact) mass is 202 g/mol. The third-order valence-corrected chi connectivity index (χ3v) is 1.77. The van der Waals surface area contributed by atoms with Crippen LogP contribution in [-0.4, -0.2) is 21.5 Å². The molecule has 0 saturated heterocycles. The first-order chi connectivity index (χ1) is 7.29. The van der Waals surface area contributed by atoms with Gasteiger partial charge in [-0.05, 0) is 18.2 Å². The summed E-state index contributed by atoms with van der Waals surface area (Å²) in [6.45, 7) is 0. The molecule has 2 aromatic heterocycles. The van der Waals surface area contributed by atoms with Gasteiger partial charge < -0.3 is 4.42 Å². The van der Waals surface area contributed by atoms with Gasteiger partial charge in [-0.2, -0.15) is 0 Å². The van der Waals surface area contributed by atoms with E-state index in [1.807, 2.05) is 0 Å². The maximum atomic E-state index is 11.5. The highest BCUT2D eigenvalue weighted by molar-refractivity contribution is 6.48. The van der Waals surface area contributed by atoms with Gasteiger partial charge in [0.05, 0.1) is 6.26 Å². The number of carbonyl (C=O) groups is 2. The largest absolute Gasteiger partial charge is 0.461 e. The molecule has 0 aliphatic rings. The van der Waals surface area contributed by atoms with Crippen LogP contribution in [0.1, 0.15) is 21.0 Å². The minimum Gasteiger partial charge on any atom is -0.461 e. The Morgan fingerprint density at radius 2 is 2.07 bits per heavy atom. The smallest absolute Gasteiger partial charge is 0.270 e.